The fourth-order valence-corrected chi connectivity index (χ4v) is 3.64. The van der Waals surface area contributed by atoms with Gasteiger partial charge in [-0.15, -0.1) is 0 Å². The van der Waals surface area contributed by atoms with Crippen molar-refractivity contribution in [3.05, 3.63) is 24.0 Å². The molecule has 0 aliphatic rings. The summed E-state index contributed by atoms with van der Waals surface area (Å²) in [7, 11) is -1.29. The minimum atomic E-state index is -1.29. The van der Waals surface area contributed by atoms with Crippen molar-refractivity contribution in [3.63, 3.8) is 0 Å². The molecule has 0 atom stereocenters. The smallest absolute Gasteiger partial charge is 0.123 e. The molecule has 0 aliphatic carbocycles. The molecule has 0 bridgehead atoms. The first-order valence-corrected chi connectivity index (χ1v) is 12.8. The summed E-state index contributed by atoms with van der Waals surface area (Å²) >= 11 is 0. The second-order valence-electron chi connectivity index (χ2n) is 7.51. The molecule has 0 aromatic carbocycles. The first-order chi connectivity index (χ1) is 10.5. The SMILES string of the molecule is CCCCCCCCCCC/C=C/c1coc([Si](C)(C)C)c1. The third-order valence-corrected chi connectivity index (χ3v) is 5.88. The van der Waals surface area contributed by atoms with Crippen LogP contribution in [0.15, 0.2) is 22.8 Å². The summed E-state index contributed by atoms with van der Waals surface area (Å²) in [5, 5.41) is 1.20. The van der Waals surface area contributed by atoms with E-state index < -0.39 is 8.07 Å². The van der Waals surface area contributed by atoms with Gasteiger partial charge in [0.15, 0.2) is 0 Å². The highest BCUT2D eigenvalue weighted by Crippen LogP contribution is 2.12. The van der Waals surface area contributed by atoms with E-state index in [4.69, 9.17) is 4.42 Å². The Balaban J connectivity index is 2.04. The van der Waals surface area contributed by atoms with Crippen molar-refractivity contribution in [1.29, 1.82) is 0 Å². The molecule has 1 nitrogen and oxygen atoms in total. The third kappa shape index (κ3) is 8.62. The molecule has 0 saturated carbocycles. The summed E-state index contributed by atoms with van der Waals surface area (Å²) in [5.74, 6) is 0. The van der Waals surface area contributed by atoms with E-state index >= 15 is 0 Å². The van der Waals surface area contributed by atoms with Crippen LogP contribution in [-0.4, -0.2) is 8.07 Å². The fraction of sp³-hybridized carbons (Fsp3) is 0.700. The standard InChI is InChI=1S/C20H36OSi/c1-5-6-7-8-9-10-11-12-13-14-15-16-19-17-20(21-18-19)22(2,3)4/h15-18H,5-14H2,1-4H3/b16-15+. The maximum absolute atomic E-state index is 5.69. The highest BCUT2D eigenvalue weighted by molar-refractivity contribution is 6.87. The van der Waals surface area contributed by atoms with Gasteiger partial charge in [0, 0.05) is 5.56 Å². The molecule has 1 heterocycles. The maximum atomic E-state index is 5.69. The molecule has 0 fully saturated rings. The van der Waals surface area contributed by atoms with Crippen LogP contribution in [0.3, 0.4) is 0 Å². The minimum Gasteiger partial charge on any atom is -0.474 e. The van der Waals surface area contributed by atoms with Crippen molar-refractivity contribution >= 4 is 19.5 Å². The molecular formula is C20H36OSi. The maximum Gasteiger partial charge on any atom is 0.123 e. The van der Waals surface area contributed by atoms with Gasteiger partial charge in [0.2, 0.25) is 0 Å². The van der Waals surface area contributed by atoms with Gasteiger partial charge in [-0.2, -0.15) is 0 Å². The minimum absolute atomic E-state index is 1.20. The molecule has 22 heavy (non-hydrogen) atoms. The normalized spacial score (nSPS) is 12.4. The van der Waals surface area contributed by atoms with Crippen LogP contribution in [0.1, 0.15) is 76.7 Å². The molecule has 2 heteroatoms. The van der Waals surface area contributed by atoms with E-state index in [1.54, 1.807) is 0 Å². The summed E-state index contributed by atoms with van der Waals surface area (Å²) < 4.78 is 5.69. The molecule has 0 aliphatic heterocycles. The number of furan rings is 1. The summed E-state index contributed by atoms with van der Waals surface area (Å²) in [6.45, 7) is 9.24. The Labute approximate surface area is 139 Å². The Hall–Kier alpha value is -0.763. The third-order valence-electron chi connectivity index (χ3n) is 4.14. The van der Waals surface area contributed by atoms with E-state index in [1.807, 2.05) is 6.26 Å². The van der Waals surface area contributed by atoms with Crippen molar-refractivity contribution < 1.29 is 4.42 Å². The van der Waals surface area contributed by atoms with Crippen molar-refractivity contribution in [2.75, 3.05) is 0 Å². The Morgan fingerprint density at radius 2 is 1.50 bits per heavy atom. The van der Waals surface area contributed by atoms with Crippen molar-refractivity contribution in [3.8, 4) is 0 Å². The molecule has 0 amide bonds. The first-order valence-electron chi connectivity index (χ1n) is 9.29. The van der Waals surface area contributed by atoms with Crippen molar-refractivity contribution in [1.82, 2.24) is 0 Å². The highest BCUT2D eigenvalue weighted by Gasteiger charge is 2.20. The second-order valence-corrected chi connectivity index (χ2v) is 12.5. The van der Waals surface area contributed by atoms with Gasteiger partial charge in [0.1, 0.15) is 8.07 Å². The van der Waals surface area contributed by atoms with Gasteiger partial charge in [-0.1, -0.05) is 90.1 Å². The topological polar surface area (TPSA) is 13.1 Å². The number of hydrogen-bond donors (Lipinski definition) is 0. The van der Waals surface area contributed by atoms with E-state index in [0.717, 1.165) is 0 Å². The van der Waals surface area contributed by atoms with Gasteiger partial charge < -0.3 is 4.42 Å². The van der Waals surface area contributed by atoms with Crippen LogP contribution in [0.2, 0.25) is 19.6 Å². The lowest BCUT2D eigenvalue weighted by molar-refractivity contribution is 0.566. The van der Waals surface area contributed by atoms with Crippen LogP contribution in [0.4, 0.5) is 0 Å². The van der Waals surface area contributed by atoms with E-state index in [2.05, 4.69) is 44.8 Å². The van der Waals surface area contributed by atoms with Gasteiger partial charge in [-0.05, 0) is 18.9 Å². The Morgan fingerprint density at radius 1 is 0.909 bits per heavy atom. The molecule has 1 aromatic rings. The van der Waals surface area contributed by atoms with Gasteiger partial charge in [0.05, 0.1) is 11.6 Å². The van der Waals surface area contributed by atoms with Crippen LogP contribution in [0.25, 0.3) is 6.08 Å². The quantitative estimate of drug-likeness (QED) is 0.306. The van der Waals surface area contributed by atoms with Gasteiger partial charge >= 0.3 is 0 Å². The number of unbranched alkanes of at least 4 members (excludes halogenated alkanes) is 9. The zero-order valence-corrected chi connectivity index (χ0v) is 16.3. The number of rotatable bonds is 12. The molecule has 0 unspecified atom stereocenters. The molecule has 0 N–H and O–H groups in total. The molecule has 1 aromatic heterocycles. The zero-order chi connectivity index (χ0) is 16.3. The fourth-order valence-electron chi connectivity index (χ4n) is 2.62. The van der Waals surface area contributed by atoms with Crippen LogP contribution >= 0.6 is 0 Å². The highest BCUT2D eigenvalue weighted by atomic mass is 28.3. The van der Waals surface area contributed by atoms with Crippen molar-refractivity contribution in [2.24, 2.45) is 0 Å². The monoisotopic (exact) mass is 320 g/mol. The average Bonchev–Trinajstić information content (AvgIpc) is 2.94. The van der Waals surface area contributed by atoms with Gasteiger partial charge in [0.25, 0.3) is 0 Å². The van der Waals surface area contributed by atoms with E-state index in [0.29, 0.717) is 0 Å². The molecule has 126 valence electrons. The number of hydrogen-bond acceptors (Lipinski definition) is 1. The molecule has 1 rings (SSSR count). The lowest BCUT2D eigenvalue weighted by Crippen LogP contribution is -2.36. The largest absolute Gasteiger partial charge is 0.474 e. The van der Waals surface area contributed by atoms with Crippen LogP contribution in [-0.2, 0) is 0 Å². The lowest BCUT2D eigenvalue weighted by Gasteiger charge is -2.10. The summed E-state index contributed by atoms with van der Waals surface area (Å²) in [4.78, 5) is 0. The van der Waals surface area contributed by atoms with E-state index in [-0.39, 0.29) is 0 Å². The lowest BCUT2D eigenvalue weighted by atomic mass is 10.1. The van der Waals surface area contributed by atoms with Crippen molar-refractivity contribution in [2.45, 2.75) is 90.8 Å². The molecule has 0 saturated heterocycles. The zero-order valence-electron chi connectivity index (χ0n) is 15.3. The predicted octanol–water partition coefficient (Wildman–Crippen LogP) is 6.76. The summed E-state index contributed by atoms with van der Waals surface area (Å²) in [6, 6.07) is 2.22. The molecular weight excluding hydrogens is 284 g/mol. The first kappa shape index (κ1) is 19.3. The van der Waals surface area contributed by atoms with Gasteiger partial charge in [-0.25, -0.2) is 0 Å². The Kier molecular flexibility index (Phi) is 9.54. The van der Waals surface area contributed by atoms with Crippen LogP contribution in [0.5, 0.6) is 0 Å². The molecule has 0 radical (unpaired) electrons. The Morgan fingerprint density at radius 3 is 2.05 bits per heavy atom. The van der Waals surface area contributed by atoms with E-state index in [9.17, 15) is 0 Å². The van der Waals surface area contributed by atoms with Gasteiger partial charge in [-0.3, -0.25) is 0 Å². The summed E-state index contributed by atoms with van der Waals surface area (Å²) in [5.41, 5.74) is 1.23. The number of allylic oxidation sites excluding steroid dienone is 1. The Bertz CT molecular complexity index is 412. The van der Waals surface area contributed by atoms with E-state index in [1.165, 1.54) is 75.2 Å². The molecule has 0 spiro atoms. The van der Waals surface area contributed by atoms with Crippen LogP contribution in [0, 0.1) is 0 Å². The van der Waals surface area contributed by atoms with Crippen LogP contribution < -0.4 is 5.38 Å². The second kappa shape index (κ2) is 10.9. The predicted molar refractivity (Wildman–Crippen MR) is 103 cm³/mol. The summed E-state index contributed by atoms with van der Waals surface area (Å²) in [6.07, 6.45) is 20.2. The average molecular weight is 321 g/mol.